The predicted molar refractivity (Wildman–Crippen MR) is 122 cm³/mol. The Kier molecular flexibility index (Phi) is 5.46. The smallest absolute Gasteiger partial charge is 0.233 e. The van der Waals surface area contributed by atoms with Gasteiger partial charge in [0.25, 0.3) is 0 Å². The third-order valence-corrected chi connectivity index (χ3v) is 7.57. The molecule has 5 nitrogen and oxygen atoms in total. The molecular formula is C22H18ClN3O2S2. The summed E-state index contributed by atoms with van der Waals surface area (Å²) in [6.45, 7) is 3.89. The molecular weight excluding hydrogens is 438 g/mol. The van der Waals surface area contributed by atoms with E-state index >= 15 is 0 Å². The van der Waals surface area contributed by atoms with Crippen LogP contribution < -0.4 is 5.14 Å². The number of hydrogen-bond acceptors (Lipinski definition) is 5. The summed E-state index contributed by atoms with van der Waals surface area (Å²) in [7, 11) is -3.72. The van der Waals surface area contributed by atoms with Gasteiger partial charge in [0.15, 0.2) is 5.82 Å². The number of sulfonamides is 1. The van der Waals surface area contributed by atoms with Crippen LogP contribution in [0.15, 0.2) is 64.9 Å². The van der Waals surface area contributed by atoms with Gasteiger partial charge in [-0.3, -0.25) is 0 Å². The van der Waals surface area contributed by atoms with Crippen molar-refractivity contribution in [3.63, 3.8) is 0 Å². The second kappa shape index (κ2) is 7.92. The molecule has 2 heterocycles. The fourth-order valence-electron chi connectivity index (χ4n) is 3.09. The summed E-state index contributed by atoms with van der Waals surface area (Å²) in [5, 5.41) is 5.95. The van der Waals surface area contributed by atoms with Crippen LogP contribution in [0.5, 0.6) is 0 Å². The van der Waals surface area contributed by atoms with E-state index in [0.717, 1.165) is 49.9 Å². The van der Waals surface area contributed by atoms with E-state index < -0.39 is 10.0 Å². The Labute approximate surface area is 184 Å². The van der Waals surface area contributed by atoms with Crippen molar-refractivity contribution < 1.29 is 8.42 Å². The second-order valence-electron chi connectivity index (χ2n) is 6.93. The molecule has 2 aromatic carbocycles. The molecule has 0 bridgehead atoms. The van der Waals surface area contributed by atoms with E-state index in [1.165, 1.54) is 6.07 Å². The van der Waals surface area contributed by atoms with Crippen molar-refractivity contribution in [3.05, 3.63) is 76.9 Å². The molecule has 0 radical (unpaired) electrons. The number of nitrogens with two attached hydrogens (primary N) is 1. The quantitative estimate of drug-likeness (QED) is 0.443. The van der Waals surface area contributed by atoms with Crippen molar-refractivity contribution >= 4 is 33.0 Å². The highest BCUT2D eigenvalue weighted by atomic mass is 35.5. The minimum atomic E-state index is -3.72. The highest BCUT2D eigenvalue weighted by Crippen LogP contribution is 2.33. The highest BCUT2D eigenvalue weighted by Gasteiger charge is 2.14. The highest BCUT2D eigenvalue weighted by molar-refractivity contribution is 7.91. The molecule has 30 heavy (non-hydrogen) atoms. The molecule has 0 fully saturated rings. The number of benzene rings is 2. The zero-order valence-electron chi connectivity index (χ0n) is 16.3. The molecule has 0 saturated heterocycles. The Morgan fingerprint density at radius 3 is 2.37 bits per heavy atom. The summed E-state index contributed by atoms with van der Waals surface area (Å²) in [6.07, 6.45) is 0. The van der Waals surface area contributed by atoms with Crippen LogP contribution in [0.3, 0.4) is 0 Å². The zero-order valence-corrected chi connectivity index (χ0v) is 18.6. The first-order valence-electron chi connectivity index (χ1n) is 9.06. The van der Waals surface area contributed by atoms with E-state index in [0.29, 0.717) is 10.8 Å². The lowest BCUT2D eigenvalue weighted by atomic mass is 10.1. The summed E-state index contributed by atoms with van der Waals surface area (Å²) < 4.78 is 23.3. The standard InChI is InChI=1S/C22H18ClN3O2S2/c1-13-10-15(6-7-18(13)23)19-11-14(2)25-22(26-19)17-5-3-4-16(12-17)20-8-9-21(29-20)30(24,27)28/h3-12H,1-2H3,(H2,24,27,28). The van der Waals surface area contributed by atoms with Crippen molar-refractivity contribution in [2.24, 2.45) is 5.14 Å². The molecule has 0 atom stereocenters. The Hall–Kier alpha value is -2.58. The Morgan fingerprint density at radius 2 is 1.67 bits per heavy atom. The zero-order chi connectivity index (χ0) is 21.5. The normalized spacial score (nSPS) is 11.6. The third-order valence-electron chi connectivity index (χ3n) is 4.57. The van der Waals surface area contributed by atoms with Crippen LogP contribution in [0.1, 0.15) is 11.3 Å². The summed E-state index contributed by atoms with van der Waals surface area (Å²) >= 11 is 7.29. The molecule has 0 aliphatic rings. The van der Waals surface area contributed by atoms with Crippen LogP contribution in [0.25, 0.3) is 33.1 Å². The van der Waals surface area contributed by atoms with Crippen LogP contribution >= 0.6 is 22.9 Å². The number of nitrogens with zero attached hydrogens (tertiary/aromatic N) is 2. The van der Waals surface area contributed by atoms with Crippen molar-refractivity contribution in [2.75, 3.05) is 0 Å². The maximum Gasteiger partial charge on any atom is 0.247 e. The lowest BCUT2D eigenvalue weighted by Gasteiger charge is -2.09. The van der Waals surface area contributed by atoms with E-state index in [9.17, 15) is 8.42 Å². The summed E-state index contributed by atoms with van der Waals surface area (Å²) in [6, 6.07) is 18.7. The Morgan fingerprint density at radius 1 is 0.900 bits per heavy atom. The Balaban J connectivity index is 1.76. The monoisotopic (exact) mass is 455 g/mol. The average molecular weight is 456 g/mol. The van der Waals surface area contributed by atoms with Gasteiger partial charge >= 0.3 is 0 Å². The first kappa shape index (κ1) is 20.7. The number of rotatable bonds is 4. The molecule has 2 N–H and O–H groups in total. The number of primary sulfonamides is 1. The molecule has 4 aromatic rings. The number of thiophene rings is 1. The van der Waals surface area contributed by atoms with E-state index in [1.807, 2.05) is 62.4 Å². The van der Waals surface area contributed by atoms with Gasteiger partial charge in [0.2, 0.25) is 10.0 Å². The van der Waals surface area contributed by atoms with Crippen LogP contribution in [0.4, 0.5) is 0 Å². The summed E-state index contributed by atoms with van der Waals surface area (Å²) in [4.78, 5) is 10.2. The van der Waals surface area contributed by atoms with Gasteiger partial charge in [-0.2, -0.15) is 0 Å². The molecule has 8 heteroatoms. The summed E-state index contributed by atoms with van der Waals surface area (Å²) in [5.41, 5.74) is 5.33. The third kappa shape index (κ3) is 4.29. The lowest BCUT2D eigenvalue weighted by Crippen LogP contribution is -2.09. The first-order chi connectivity index (χ1) is 14.2. The minimum Gasteiger partial charge on any atom is -0.233 e. The SMILES string of the molecule is Cc1cc(-c2ccc(Cl)c(C)c2)nc(-c2cccc(-c3ccc(S(N)(=O)=O)s3)c2)n1. The first-order valence-corrected chi connectivity index (χ1v) is 11.8. The lowest BCUT2D eigenvalue weighted by molar-refractivity contribution is 0.600. The van der Waals surface area contributed by atoms with Crippen LogP contribution in [0, 0.1) is 13.8 Å². The number of aryl methyl sites for hydroxylation is 2. The topological polar surface area (TPSA) is 85.9 Å². The van der Waals surface area contributed by atoms with Crippen LogP contribution in [0.2, 0.25) is 5.02 Å². The van der Waals surface area contributed by atoms with E-state index in [1.54, 1.807) is 6.07 Å². The minimum absolute atomic E-state index is 0.134. The largest absolute Gasteiger partial charge is 0.247 e. The van der Waals surface area contributed by atoms with Gasteiger partial charge < -0.3 is 0 Å². The van der Waals surface area contributed by atoms with Gasteiger partial charge in [0, 0.05) is 26.7 Å². The van der Waals surface area contributed by atoms with E-state index in [-0.39, 0.29) is 4.21 Å². The van der Waals surface area contributed by atoms with Gasteiger partial charge in [-0.1, -0.05) is 35.9 Å². The van der Waals surface area contributed by atoms with Crippen molar-refractivity contribution in [2.45, 2.75) is 18.1 Å². The maximum absolute atomic E-state index is 11.6. The molecule has 152 valence electrons. The molecule has 0 aliphatic carbocycles. The molecule has 0 amide bonds. The van der Waals surface area contributed by atoms with Gasteiger partial charge in [-0.25, -0.2) is 23.5 Å². The van der Waals surface area contributed by atoms with Crippen molar-refractivity contribution in [1.82, 2.24) is 9.97 Å². The van der Waals surface area contributed by atoms with Crippen LogP contribution in [-0.4, -0.2) is 18.4 Å². The molecule has 0 spiro atoms. The Bertz CT molecular complexity index is 1360. The van der Waals surface area contributed by atoms with E-state index in [4.69, 9.17) is 21.7 Å². The summed E-state index contributed by atoms with van der Waals surface area (Å²) in [5.74, 6) is 0.600. The molecule has 0 aliphatic heterocycles. The fraction of sp³-hybridized carbons (Fsp3) is 0.0909. The molecule has 2 aromatic heterocycles. The van der Waals surface area contributed by atoms with Gasteiger partial charge in [-0.15, -0.1) is 11.3 Å². The number of aromatic nitrogens is 2. The van der Waals surface area contributed by atoms with Crippen LogP contribution in [-0.2, 0) is 10.0 Å². The second-order valence-corrected chi connectivity index (χ2v) is 10.2. The predicted octanol–water partition coefficient (Wildman–Crippen LogP) is 5.46. The molecule has 0 saturated carbocycles. The van der Waals surface area contributed by atoms with Crippen molar-refractivity contribution in [1.29, 1.82) is 0 Å². The van der Waals surface area contributed by atoms with Crippen molar-refractivity contribution in [3.8, 4) is 33.1 Å². The van der Waals surface area contributed by atoms with Gasteiger partial charge in [0.05, 0.1) is 5.69 Å². The molecule has 4 rings (SSSR count). The maximum atomic E-state index is 11.6. The number of halogens is 1. The average Bonchev–Trinajstić information content (AvgIpc) is 3.21. The fourth-order valence-corrected chi connectivity index (χ4v) is 4.93. The van der Waals surface area contributed by atoms with E-state index in [2.05, 4.69) is 4.98 Å². The molecule has 0 unspecified atom stereocenters. The number of hydrogen-bond donors (Lipinski definition) is 1. The van der Waals surface area contributed by atoms with Gasteiger partial charge in [0.1, 0.15) is 4.21 Å². The van der Waals surface area contributed by atoms with Gasteiger partial charge in [-0.05, 0) is 61.4 Å².